The number of hydrogen-bond acceptors (Lipinski definition) is 2. The van der Waals surface area contributed by atoms with Crippen molar-refractivity contribution in [2.45, 2.75) is 26.3 Å². The molecule has 1 fully saturated rings. The molecule has 6 heteroatoms. The van der Waals surface area contributed by atoms with Crippen LogP contribution in [0.15, 0.2) is 23.2 Å². The normalized spacial score (nSPS) is 18.4. The van der Waals surface area contributed by atoms with E-state index in [1.54, 1.807) is 13.1 Å². The smallest absolute Gasteiger partial charge is 0.193 e. The van der Waals surface area contributed by atoms with Gasteiger partial charge in [0.05, 0.1) is 11.6 Å². The lowest BCUT2D eigenvalue weighted by Gasteiger charge is -2.33. The molecule has 1 N–H and O–H groups in total. The zero-order valence-electron chi connectivity index (χ0n) is 13.0. The zero-order valence-corrected chi connectivity index (χ0v) is 15.3. The van der Waals surface area contributed by atoms with Crippen molar-refractivity contribution in [2.75, 3.05) is 20.1 Å². The van der Waals surface area contributed by atoms with Gasteiger partial charge in [0.25, 0.3) is 0 Å². The summed E-state index contributed by atoms with van der Waals surface area (Å²) in [6, 6.07) is 6.43. The molecule has 1 heterocycles. The minimum atomic E-state index is -0.302. The van der Waals surface area contributed by atoms with E-state index in [0.29, 0.717) is 23.6 Å². The topological polar surface area (TPSA) is 51.4 Å². The number of piperidine rings is 1. The third-order valence-electron chi connectivity index (χ3n) is 3.78. The second-order valence-electron chi connectivity index (χ2n) is 5.51. The number of nitrogens with zero attached hydrogens (tertiary/aromatic N) is 3. The highest BCUT2D eigenvalue weighted by molar-refractivity contribution is 14.0. The van der Waals surface area contributed by atoms with Gasteiger partial charge in [-0.1, -0.05) is 6.92 Å². The first kappa shape index (κ1) is 18.7. The van der Waals surface area contributed by atoms with Gasteiger partial charge in [-0.15, -0.1) is 24.0 Å². The van der Waals surface area contributed by atoms with Gasteiger partial charge in [0, 0.05) is 32.2 Å². The van der Waals surface area contributed by atoms with Crippen LogP contribution in [0.3, 0.4) is 0 Å². The maximum absolute atomic E-state index is 13.8. The molecule has 22 heavy (non-hydrogen) atoms. The van der Waals surface area contributed by atoms with E-state index in [2.05, 4.69) is 22.1 Å². The fourth-order valence-electron chi connectivity index (χ4n) is 2.67. The van der Waals surface area contributed by atoms with Gasteiger partial charge >= 0.3 is 0 Å². The molecule has 120 valence electrons. The van der Waals surface area contributed by atoms with Crippen LogP contribution < -0.4 is 5.32 Å². The second kappa shape index (κ2) is 8.93. The van der Waals surface area contributed by atoms with Crippen LogP contribution in [-0.4, -0.2) is 31.0 Å². The van der Waals surface area contributed by atoms with Gasteiger partial charge in [0.2, 0.25) is 0 Å². The summed E-state index contributed by atoms with van der Waals surface area (Å²) < 4.78 is 13.8. The number of hydrogen-bond donors (Lipinski definition) is 1. The van der Waals surface area contributed by atoms with Crippen molar-refractivity contribution in [1.82, 2.24) is 10.2 Å². The largest absolute Gasteiger partial charge is 0.352 e. The maximum Gasteiger partial charge on any atom is 0.193 e. The second-order valence-corrected chi connectivity index (χ2v) is 5.51. The van der Waals surface area contributed by atoms with Gasteiger partial charge in [-0.3, -0.25) is 4.99 Å². The number of guanidine groups is 1. The fraction of sp³-hybridized carbons (Fsp3) is 0.500. The van der Waals surface area contributed by atoms with Crippen molar-refractivity contribution in [3.8, 4) is 6.07 Å². The standard InChI is InChI=1S/C16H21FN4.HI/c1-12-4-3-7-21(11-12)16(19-2)20-10-14-8-13(9-18)5-6-15(14)17;/h5-6,8,12H,3-4,7,10-11H2,1-2H3,(H,19,20);1H. The van der Waals surface area contributed by atoms with E-state index in [0.717, 1.165) is 25.5 Å². The van der Waals surface area contributed by atoms with Crippen molar-refractivity contribution >= 4 is 29.9 Å². The molecule has 0 radical (unpaired) electrons. The Hall–Kier alpha value is -1.36. The molecular formula is C16H22FIN4. The Morgan fingerprint density at radius 1 is 1.55 bits per heavy atom. The molecule has 0 aromatic heterocycles. The van der Waals surface area contributed by atoms with Gasteiger partial charge in [-0.25, -0.2) is 4.39 Å². The highest BCUT2D eigenvalue weighted by Crippen LogP contribution is 2.16. The van der Waals surface area contributed by atoms with E-state index in [4.69, 9.17) is 5.26 Å². The lowest BCUT2D eigenvalue weighted by atomic mass is 10.0. The minimum Gasteiger partial charge on any atom is -0.352 e. The fourth-order valence-corrected chi connectivity index (χ4v) is 2.67. The first-order chi connectivity index (χ1) is 10.1. The average Bonchev–Trinajstić information content (AvgIpc) is 2.49. The van der Waals surface area contributed by atoms with E-state index in [1.165, 1.54) is 18.6 Å². The van der Waals surface area contributed by atoms with Crippen LogP contribution in [0, 0.1) is 23.1 Å². The Kier molecular flexibility index (Phi) is 7.59. The van der Waals surface area contributed by atoms with E-state index >= 15 is 0 Å². The molecule has 1 aliphatic rings. The van der Waals surface area contributed by atoms with E-state index < -0.39 is 0 Å². The predicted octanol–water partition coefficient (Wildman–Crippen LogP) is 3.12. The first-order valence-corrected chi connectivity index (χ1v) is 7.28. The number of likely N-dealkylation sites (tertiary alicyclic amines) is 1. The quantitative estimate of drug-likeness (QED) is 0.458. The number of benzene rings is 1. The van der Waals surface area contributed by atoms with E-state index in [-0.39, 0.29) is 29.8 Å². The summed E-state index contributed by atoms with van der Waals surface area (Å²) >= 11 is 0. The Labute approximate surface area is 148 Å². The van der Waals surface area contributed by atoms with Crippen molar-refractivity contribution in [3.05, 3.63) is 35.1 Å². The number of halogens is 2. The van der Waals surface area contributed by atoms with E-state index in [9.17, 15) is 4.39 Å². The molecule has 1 unspecified atom stereocenters. The van der Waals surface area contributed by atoms with Crippen molar-refractivity contribution in [2.24, 2.45) is 10.9 Å². The monoisotopic (exact) mass is 416 g/mol. The lowest BCUT2D eigenvalue weighted by molar-refractivity contribution is 0.266. The zero-order chi connectivity index (χ0) is 15.2. The molecule has 1 saturated heterocycles. The Balaban J connectivity index is 0.00000242. The van der Waals surface area contributed by atoms with Gasteiger partial charge < -0.3 is 10.2 Å². The molecule has 1 atom stereocenters. The van der Waals surface area contributed by atoms with Crippen LogP contribution in [0.2, 0.25) is 0 Å². The van der Waals surface area contributed by atoms with Crippen molar-refractivity contribution < 1.29 is 4.39 Å². The first-order valence-electron chi connectivity index (χ1n) is 7.28. The maximum atomic E-state index is 13.8. The van der Waals surface area contributed by atoms with Gasteiger partial charge in [0.15, 0.2) is 5.96 Å². The molecule has 2 rings (SSSR count). The third kappa shape index (κ3) is 4.83. The van der Waals surface area contributed by atoms with Gasteiger partial charge in [0.1, 0.15) is 5.82 Å². The summed E-state index contributed by atoms with van der Waals surface area (Å²) in [4.78, 5) is 6.49. The van der Waals surface area contributed by atoms with Crippen LogP contribution in [-0.2, 0) is 6.54 Å². The van der Waals surface area contributed by atoms with Crippen molar-refractivity contribution in [3.63, 3.8) is 0 Å². The number of nitriles is 1. The summed E-state index contributed by atoms with van der Waals surface area (Å²) in [6.45, 7) is 4.51. The molecule has 0 saturated carbocycles. The Morgan fingerprint density at radius 3 is 2.95 bits per heavy atom. The van der Waals surface area contributed by atoms with Crippen LogP contribution in [0.5, 0.6) is 0 Å². The molecule has 1 aromatic carbocycles. The number of rotatable bonds is 2. The van der Waals surface area contributed by atoms with Gasteiger partial charge in [-0.05, 0) is 37.0 Å². The predicted molar refractivity (Wildman–Crippen MR) is 96.7 cm³/mol. The molecule has 1 aromatic rings. The summed E-state index contributed by atoms with van der Waals surface area (Å²) in [7, 11) is 1.74. The van der Waals surface area contributed by atoms with Crippen LogP contribution in [0.1, 0.15) is 30.9 Å². The van der Waals surface area contributed by atoms with E-state index in [1.807, 2.05) is 6.07 Å². The molecule has 0 amide bonds. The van der Waals surface area contributed by atoms with Crippen molar-refractivity contribution in [1.29, 1.82) is 5.26 Å². The van der Waals surface area contributed by atoms with Crippen LogP contribution in [0.4, 0.5) is 4.39 Å². The van der Waals surface area contributed by atoms with Gasteiger partial charge in [-0.2, -0.15) is 5.26 Å². The average molecular weight is 416 g/mol. The lowest BCUT2D eigenvalue weighted by Crippen LogP contribution is -2.45. The molecule has 1 aliphatic heterocycles. The number of aliphatic imine (C=N–C) groups is 1. The summed E-state index contributed by atoms with van der Waals surface area (Å²) in [5.74, 6) is 1.14. The minimum absolute atomic E-state index is 0. The number of nitrogens with one attached hydrogen (secondary N) is 1. The highest BCUT2D eigenvalue weighted by atomic mass is 127. The molecule has 0 bridgehead atoms. The third-order valence-corrected chi connectivity index (χ3v) is 3.78. The van der Waals surface area contributed by atoms with Crippen LogP contribution in [0.25, 0.3) is 0 Å². The Morgan fingerprint density at radius 2 is 2.32 bits per heavy atom. The molecule has 0 spiro atoms. The summed E-state index contributed by atoms with van der Waals surface area (Å²) in [5.41, 5.74) is 0.954. The van der Waals surface area contributed by atoms with Crippen LogP contribution >= 0.6 is 24.0 Å². The highest BCUT2D eigenvalue weighted by Gasteiger charge is 2.19. The molecule has 4 nitrogen and oxygen atoms in total. The molecular weight excluding hydrogens is 394 g/mol. The summed E-state index contributed by atoms with van der Waals surface area (Å²) in [5, 5.41) is 12.1. The SMILES string of the molecule is CN=C(NCc1cc(C#N)ccc1F)N1CCCC(C)C1.I. The Bertz CT molecular complexity index is 568. The summed E-state index contributed by atoms with van der Waals surface area (Å²) in [6.07, 6.45) is 2.40. The molecule has 0 aliphatic carbocycles.